The summed E-state index contributed by atoms with van der Waals surface area (Å²) in [5.74, 6) is 1.87. The Kier molecular flexibility index (Phi) is 7.46. The fourth-order valence-corrected chi connectivity index (χ4v) is 5.94. The molecule has 9 heteroatoms. The van der Waals surface area contributed by atoms with Gasteiger partial charge >= 0.3 is 0 Å². The van der Waals surface area contributed by atoms with Crippen molar-refractivity contribution in [3.05, 3.63) is 53.5 Å². The molecule has 0 amide bonds. The maximum Gasteiger partial charge on any atom is 0.213 e. The van der Waals surface area contributed by atoms with Crippen molar-refractivity contribution in [3.63, 3.8) is 0 Å². The van der Waals surface area contributed by atoms with Gasteiger partial charge < -0.3 is 19.5 Å². The van der Waals surface area contributed by atoms with E-state index in [0.717, 1.165) is 37.4 Å². The second kappa shape index (κ2) is 10.7. The summed E-state index contributed by atoms with van der Waals surface area (Å²) in [5, 5.41) is 3.77. The topological polar surface area (TPSA) is 68.7 Å². The van der Waals surface area contributed by atoms with E-state index in [1.165, 1.54) is 24.6 Å². The molecule has 2 saturated heterocycles. The Labute approximate surface area is 216 Å². The van der Waals surface area contributed by atoms with E-state index < -0.39 is 0 Å². The highest BCUT2D eigenvalue weighted by molar-refractivity contribution is 5.85. The number of methoxy groups -OCH3 is 1. The van der Waals surface area contributed by atoms with Crippen LogP contribution in [0.2, 0.25) is 0 Å². The quantitative estimate of drug-likeness (QED) is 0.504. The van der Waals surface area contributed by atoms with Crippen molar-refractivity contribution in [2.75, 3.05) is 26.9 Å². The van der Waals surface area contributed by atoms with Crippen molar-refractivity contribution in [2.24, 2.45) is 0 Å². The first-order valence-electron chi connectivity index (χ1n) is 12.5. The lowest BCUT2D eigenvalue weighted by Crippen LogP contribution is -2.49. The molecular formula is C27H32ClFN4O3. The van der Waals surface area contributed by atoms with E-state index >= 15 is 0 Å². The van der Waals surface area contributed by atoms with Crippen LogP contribution in [0, 0.1) is 5.82 Å². The van der Waals surface area contributed by atoms with Crippen molar-refractivity contribution in [3.8, 4) is 17.4 Å². The lowest BCUT2D eigenvalue weighted by Gasteiger charge is -2.39. The number of hydrogen-bond donors (Lipinski definition) is 1. The van der Waals surface area contributed by atoms with Crippen molar-refractivity contribution in [1.29, 1.82) is 0 Å². The second-order valence-corrected chi connectivity index (χ2v) is 9.71. The van der Waals surface area contributed by atoms with Crippen LogP contribution in [0.1, 0.15) is 36.8 Å². The summed E-state index contributed by atoms with van der Waals surface area (Å²) in [6.07, 6.45) is 6.58. The molecular weight excluding hydrogens is 483 g/mol. The first-order chi connectivity index (χ1) is 17.2. The van der Waals surface area contributed by atoms with Gasteiger partial charge in [0.1, 0.15) is 19.0 Å². The zero-order valence-corrected chi connectivity index (χ0v) is 21.2. The summed E-state index contributed by atoms with van der Waals surface area (Å²) in [5.41, 5.74) is 3.15. The normalized spacial score (nSPS) is 22.9. The van der Waals surface area contributed by atoms with Crippen LogP contribution in [0.15, 0.2) is 36.5 Å². The highest BCUT2D eigenvalue weighted by atomic mass is 35.5. The van der Waals surface area contributed by atoms with Gasteiger partial charge in [0, 0.05) is 42.8 Å². The van der Waals surface area contributed by atoms with Crippen molar-refractivity contribution in [1.82, 2.24) is 20.2 Å². The molecule has 5 heterocycles. The van der Waals surface area contributed by atoms with Crippen LogP contribution in [0.25, 0.3) is 11.0 Å². The molecule has 2 bridgehead atoms. The van der Waals surface area contributed by atoms with Gasteiger partial charge in [-0.3, -0.25) is 9.88 Å². The van der Waals surface area contributed by atoms with E-state index in [1.54, 1.807) is 13.2 Å². The Hall–Kier alpha value is -2.68. The average molecular weight is 515 g/mol. The largest absolute Gasteiger partial charge is 0.486 e. The van der Waals surface area contributed by atoms with E-state index in [2.05, 4.69) is 32.3 Å². The van der Waals surface area contributed by atoms with Crippen LogP contribution in [0.4, 0.5) is 4.39 Å². The third-order valence-electron chi connectivity index (χ3n) is 7.65. The second-order valence-electron chi connectivity index (χ2n) is 9.71. The summed E-state index contributed by atoms with van der Waals surface area (Å²) in [6.45, 7) is 2.87. The van der Waals surface area contributed by atoms with Crippen molar-refractivity contribution in [2.45, 2.75) is 56.8 Å². The van der Waals surface area contributed by atoms with Crippen LogP contribution in [0.3, 0.4) is 0 Å². The van der Waals surface area contributed by atoms with Crippen LogP contribution in [0.5, 0.6) is 17.4 Å². The SMILES string of the molecule is COc1ccc2ncc(F)c(CCN3[C@@H]4CC[C@H]3CC(NCc3ccc5c(c3)OCCO5)C4)c2n1.Cl. The predicted octanol–water partition coefficient (Wildman–Crippen LogP) is 4.30. The molecule has 3 aliphatic heterocycles. The smallest absolute Gasteiger partial charge is 0.213 e. The number of ether oxygens (including phenoxy) is 3. The molecule has 3 atom stereocenters. The van der Waals surface area contributed by atoms with Gasteiger partial charge in [0.05, 0.1) is 24.3 Å². The third kappa shape index (κ3) is 4.94. The van der Waals surface area contributed by atoms with Gasteiger partial charge in [-0.25, -0.2) is 9.37 Å². The summed E-state index contributed by atoms with van der Waals surface area (Å²) < 4.78 is 31.4. The summed E-state index contributed by atoms with van der Waals surface area (Å²) in [6, 6.07) is 11.4. The number of piperidine rings is 1. The van der Waals surface area contributed by atoms with Gasteiger partial charge in [0.15, 0.2) is 11.5 Å². The lowest BCUT2D eigenvalue weighted by atomic mass is 9.96. The van der Waals surface area contributed by atoms with Gasteiger partial charge in [-0.15, -0.1) is 12.4 Å². The molecule has 192 valence electrons. The minimum atomic E-state index is -0.290. The van der Waals surface area contributed by atoms with Gasteiger partial charge in [0.2, 0.25) is 5.88 Å². The molecule has 3 aliphatic rings. The summed E-state index contributed by atoms with van der Waals surface area (Å²) in [4.78, 5) is 11.3. The molecule has 36 heavy (non-hydrogen) atoms. The van der Waals surface area contributed by atoms with E-state index in [0.29, 0.717) is 60.2 Å². The number of hydrogen-bond acceptors (Lipinski definition) is 7. The first-order valence-corrected chi connectivity index (χ1v) is 12.5. The molecule has 2 aromatic heterocycles. The Morgan fingerprint density at radius 3 is 2.64 bits per heavy atom. The fourth-order valence-electron chi connectivity index (χ4n) is 5.94. The molecule has 0 saturated carbocycles. The van der Waals surface area contributed by atoms with Gasteiger partial charge in [-0.2, -0.15) is 0 Å². The first kappa shape index (κ1) is 25.0. The van der Waals surface area contributed by atoms with E-state index in [-0.39, 0.29) is 18.2 Å². The molecule has 1 aromatic carbocycles. The minimum Gasteiger partial charge on any atom is -0.486 e. The predicted molar refractivity (Wildman–Crippen MR) is 138 cm³/mol. The van der Waals surface area contributed by atoms with Crippen LogP contribution >= 0.6 is 12.4 Å². The molecule has 2 fully saturated rings. The van der Waals surface area contributed by atoms with E-state index in [9.17, 15) is 4.39 Å². The summed E-state index contributed by atoms with van der Waals surface area (Å²) >= 11 is 0. The Bertz CT molecular complexity index is 1220. The number of rotatable bonds is 7. The maximum absolute atomic E-state index is 14.8. The number of benzene rings is 1. The highest BCUT2D eigenvalue weighted by Crippen LogP contribution is 2.37. The standard InChI is InChI=1S/C27H31FN4O3.ClH/c1-33-26-7-5-23-27(31-26)21(22(28)16-30-23)8-9-32-19-3-4-20(32)14-18(13-19)29-15-17-2-6-24-25(12-17)35-11-10-34-24;/h2,5-7,12,16,18-20,29H,3-4,8-11,13-15H2,1H3;1H/t18?,19-,20+;. The molecule has 7 nitrogen and oxygen atoms in total. The summed E-state index contributed by atoms with van der Waals surface area (Å²) in [7, 11) is 1.57. The number of fused-ring (bicyclic) bond motifs is 4. The maximum atomic E-state index is 14.8. The number of nitrogens with one attached hydrogen (secondary N) is 1. The van der Waals surface area contributed by atoms with Crippen molar-refractivity contribution < 1.29 is 18.6 Å². The molecule has 0 aliphatic carbocycles. The Morgan fingerprint density at radius 2 is 1.86 bits per heavy atom. The average Bonchev–Trinajstić information content (AvgIpc) is 3.13. The Morgan fingerprint density at radius 1 is 1.08 bits per heavy atom. The molecule has 1 unspecified atom stereocenters. The number of halogens is 2. The van der Waals surface area contributed by atoms with Crippen LogP contribution in [-0.4, -0.2) is 59.9 Å². The van der Waals surface area contributed by atoms with Gasteiger partial charge in [0.25, 0.3) is 0 Å². The number of aromatic nitrogens is 2. The Balaban J connectivity index is 0.00000267. The van der Waals surface area contributed by atoms with E-state index in [1.807, 2.05) is 12.1 Å². The fraction of sp³-hybridized carbons (Fsp3) is 0.481. The zero-order valence-electron chi connectivity index (χ0n) is 20.4. The molecule has 0 spiro atoms. The molecule has 3 aromatic rings. The monoisotopic (exact) mass is 514 g/mol. The molecule has 6 rings (SSSR count). The van der Waals surface area contributed by atoms with Gasteiger partial charge in [-0.1, -0.05) is 6.07 Å². The zero-order chi connectivity index (χ0) is 23.8. The minimum absolute atomic E-state index is 0. The molecule has 0 radical (unpaired) electrons. The third-order valence-corrected chi connectivity index (χ3v) is 7.65. The van der Waals surface area contributed by atoms with E-state index in [4.69, 9.17) is 14.2 Å². The van der Waals surface area contributed by atoms with Crippen LogP contribution < -0.4 is 19.5 Å². The van der Waals surface area contributed by atoms with Crippen molar-refractivity contribution >= 4 is 23.4 Å². The number of nitrogens with zero attached hydrogens (tertiary/aromatic N) is 3. The van der Waals surface area contributed by atoms with Gasteiger partial charge in [-0.05, 0) is 55.9 Å². The van der Waals surface area contributed by atoms with Crippen LogP contribution in [-0.2, 0) is 13.0 Å². The molecule has 1 N–H and O–H groups in total. The highest BCUT2D eigenvalue weighted by Gasteiger charge is 2.40. The lowest BCUT2D eigenvalue weighted by molar-refractivity contribution is 0.117. The number of pyridine rings is 2.